The molecule has 0 radical (unpaired) electrons. The minimum Gasteiger partial charge on any atom is -0.477 e. The first kappa shape index (κ1) is 16.2. The minimum atomic E-state index is 0.255. The first-order valence-electron chi connectivity index (χ1n) is 7.23. The van der Waals surface area contributed by atoms with Gasteiger partial charge in [-0.25, -0.2) is 4.98 Å². The maximum Gasteiger partial charge on any atom is 0.221 e. The number of aromatic nitrogens is 2. The normalized spacial score (nSPS) is 11.1. The Labute approximate surface area is 121 Å². The lowest BCUT2D eigenvalue weighted by Crippen LogP contribution is -2.06. The van der Waals surface area contributed by atoms with Gasteiger partial charge in [-0.1, -0.05) is 58.1 Å². The molecule has 0 aliphatic carbocycles. The van der Waals surface area contributed by atoms with E-state index in [1.807, 2.05) is 6.92 Å². The Balaban J connectivity index is 2.52. The number of halogens is 1. The summed E-state index contributed by atoms with van der Waals surface area (Å²) in [6, 6.07) is 0. The van der Waals surface area contributed by atoms with Gasteiger partial charge in [-0.2, -0.15) is 4.98 Å². The fourth-order valence-electron chi connectivity index (χ4n) is 1.76. The van der Waals surface area contributed by atoms with Crippen LogP contribution in [0.5, 0.6) is 5.88 Å². The molecule has 1 aromatic heterocycles. The molecule has 1 heterocycles. The Morgan fingerprint density at radius 2 is 1.79 bits per heavy atom. The van der Waals surface area contributed by atoms with Gasteiger partial charge >= 0.3 is 0 Å². The molecule has 0 aliphatic heterocycles. The number of nitrogens with zero attached hydrogens (tertiary/aromatic N) is 2. The first-order chi connectivity index (χ1) is 9.06. The molecule has 1 aromatic rings. The Bertz CT molecular complexity index is 394. The molecule has 0 saturated heterocycles. The van der Waals surface area contributed by atoms with Crippen LogP contribution in [-0.4, -0.2) is 16.6 Å². The van der Waals surface area contributed by atoms with Gasteiger partial charge in [0.25, 0.3) is 0 Å². The zero-order valence-corrected chi connectivity index (χ0v) is 13.3. The maximum absolute atomic E-state index is 6.11. The van der Waals surface area contributed by atoms with Gasteiger partial charge in [-0.05, 0) is 13.3 Å². The Morgan fingerprint density at radius 3 is 2.42 bits per heavy atom. The molecule has 19 heavy (non-hydrogen) atoms. The van der Waals surface area contributed by atoms with E-state index in [1.165, 1.54) is 25.7 Å². The number of hydrogen-bond acceptors (Lipinski definition) is 3. The summed E-state index contributed by atoms with van der Waals surface area (Å²) < 4.78 is 5.75. The fourth-order valence-corrected chi connectivity index (χ4v) is 1.93. The van der Waals surface area contributed by atoms with Crippen LogP contribution in [-0.2, 0) is 0 Å². The van der Waals surface area contributed by atoms with Crippen LogP contribution >= 0.6 is 11.6 Å². The molecule has 0 fully saturated rings. The lowest BCUT2D eigenvalue weighted by molar-refractivity contribution is 0.289. The molecule has 0 aromatic carbocycles. The van der Waals surface area contributed by atoms with Crippen molar-refractivity contribution in [1.82, 2.24) is 9.97 Å². The third-order valence-electron chi connectivity index (χ3n) is 3.06. The average Bonchev–Trinajstić information content (AvgIpc) is 2.37. The van der Waals surface area contributed by atoms with Crippen molar-refractivity contribution in [3.63, 3.8) is 0 Å². The second-order valence-corrected chi connectivity index (χ2v) is 5.58. The van der Waals surface area contributed by atoms with E-state index in [0.717, 1.165) is 17.8 Å². The topological polar surface area (TPSA) is 35.0 Å². The quantitative estimate of drug-likeness (QED) is 0.502. The summed E-state index contributed by atoms with van der Waals surface area (Å²) in [4.78, 5) is 8.72. The van der Waals surface area contributed by atoms with Crippen LogP contribution in [0.4, 0.5) is 0 Å². The summed E-state index contributed by atoms with van der Waals surface area (Å²) in [5.74, 6) is 1.64. The third kappa shape index (κ3) is 5.35. The Hall–Kier alpha value is -0.830. The van der Waals surface area contributed by atoms with Gasteiger partial charge in [0, 0.05) is 11.5 Å². The smallest absolute Gasteiger partial charge is 0.221 e. The molecule has 4 heteroatoms. The molecule has 0 N–H and O–H groups in total. The first-order valence-corrected chi connectivity index (χ1v) is 7.60. The van der Waals surface area contributed by atoms with Crippen molar-refractivity contribution in [2.24, 2.45) is 0 Å². The van der Waals surface area contributed by atoms with Crippen molar-refractivity contribution in [1.29, 1.82) is 0 Å². The van der Waals surface area contributed by atoms with Crippen molar-refractivity contribution >= 4 is 11.6 Å². The zero-order valence-electron chi connectivity index (χ0n) is 12.5. The molecule has 0 aliphatic rings. The van der Waals surface area contributed by atoms with Gasteiger partial charge in [-0.3, -0.25) is 0 Å². The molecule has 1 rings (SSSR count). The predicted octanol–water partition coefficient (Wildman–Crippen LogP) is 4.91. The van der Waals surface area contributed by atoms with Crippen LogP contribution < -0.4 is 4.74 Å². The van der Waals surface area contributed by atoms with Crippen LogP contribution in [0.2, 0.25) is 5.15 Å². The Morgan fingerprint density at radius 1 is 1.11 bits per heavy atom. The predicted molar refractivity (Wildman–Crippen MR) is 80.1 cm³/mol. The fraction of sp³-hybridized carbons (Fsp3) is 0.733. The van der Waals surface area contributed by atoms with E-state index in [1.54, 1.807) is 0 Å². The number of rotatable bonds is 8. The van der Waals surface area contributed by atoms with Crippen LogP contribution in [0.15, 0.2) is 0 Å². The van der Waals surface area contributed by atoms with Gasteiger partial charge in [0.05, 0.1) is 6.61 Å². The second-order valence-electron chi connectivity index (χ2n) is 5.22. The summed E-state index contributed by atoms with van der Waals surface area (Å²) in [6.45, 7) is 8.93. The van der Waals surface area contributed by atoms with Gasteiger partial charge in [0.1, 0.15) is 11.0 Å². The van der Waals surface area contributed by atoms with Gasteiger partial charge < -0.3 is 4.74 Å². The molecule has 0 amide bonds. The van der Waals surface area contributed by atoms with Crippen LogP contribution in [0.3, 0.4) is 0 Å². The second kappa shape index (κ2) is 8.36. The molecule has 0 atom stereocenters. The zero-order chi connectivity index (χ0) is 14.3. The largest absolute Gasteiger partial charge is 0.477 e. The van der Waals surface area contributed by atoms with Gasteiger partial charge in [-0.15, -0.1) is 0 Å². The van der Waals surface area contributed by atoms with E-state index < -0.39 is 0 Å². The molecule has 108 valence electrons. The minimum absolute atomic E-state index is 0.255. The monoisotopic (exact) mass is 284 g/mol. The van der Waals surface area contributed by atoms with E-state index in [4.69, 9.17) is 16.3 Å². The van der Waals surface area contributed by atoms with Gasteiger partial charge in [0.15, 0.2) is 0 Å². The Kier molecular flexibility index (Phi) is 7.14. The number of unbranched alkanes of at least 4 members (excludes halogenated alkanes) is 4. The molecular weight excluding hydrogens is 260 g/mol. The number of hydrogen-bond donors (Lipinski definition) is 0. The molecular formula is C15H25ClN2O. The highest BCUT2D eigenvalue weighted by Gasteiger charge is 2.12. The highest BCUT2D eigenvalue weighted by Crippen LogP contribution is 2.24. The van der Waals surface area contributed by atoms with Crippen molar-refractivity contribution in [2.75, 3.05) is 6.61 Å². The summed E-state index contributed by atoms with van der Waals surface area (Å²) in [6.07, 6.45) is 6.12. The summed E-state index contributed by atoms with van der Waals surface area (Å²) in [7, 11) is 0. The standard InChI is InChI=1S/C15H25ClN2O/c1-5-6-7-8-9-10-19-15-12(4)13(16)17-14(18-15)11(2)3/h11H,5-10H2,1-4H3. The SMILES string of the molecule is CCCCCCCOc1nc(C(C)C)nc(Cl)c1C. The molecule has 3 nitrogen and oxygen atoms in total. The lowest BCUT2D eigenvalue weighted by atomic mass is 10.2. The molecule has 0 unspecified atom stereocenters. The maximum atomic E-state index is 6.11. The molecule has 0 saturated carbocycles. The number of ether oxygens (including phenoxy) is 1. The van der Waals surface area contributed by atoms with Crippen molar-refractivity contribution in [3.05, 3.63) is 16.5 Å². The lowest BCUT2D eigenvalue weighted by Gasteiger charge is -2.12. The van der Waals surface area contributed by atoms with E-state index >= 15 is 0 Å². The van der Waals surface area contributed by atoms with E-state index in [9.17, 15) is 0 Å². The van der Waals surface area contributed by atoms with Crippen LogP contribution in [0, 0.1) is 6.92 Å². The van der Waals surface area contributed by atoms with E-state index in [2.05, 4.69) is 30.7 Å². The summed E-state index contributed by atoms with van der Waals surface area (Å²) in [5.41, 5.74) is 0.833. The molecule has 0 spiro atoms. The summed E-state index contributed by atoms with van der Waals surface area (Å²) in [5, 5.41) is 0.500. The van der Waals surface area contributed by atoms with E-state index in [0.29, 0.717) is 17.6 Å². The van der Waals surface area contributed by atoms with Crippen molar-refractivity contribution in [3.8, 4) is 5.88 Å². The highest BCUT2D eigenvalue weighted by molar-refractivity contribution is 6.30. The molecule has 0 bridgehead atoms. The van der Waals surface area contributed by atoms with E-state index in [-0.39, 0.29) is 5.92 Å². The third-order valence-corrected chi connectivity index (χ3v) is 3.43. The van der Waals surface area contributed by atoms with Crippen molar-refractivity contribution in [2.45, 2.75) is 65.7 Å². The van der Waals surface area contributed by atoms with Crippen LogP contribution in [0.25, 0.3) is 0 Å². The average molecular weight is 285 g/mol. The summed E-state index contributed by atoms with van der Waals surface area (Å²) >= 11 is 6.11. The van der Waals surface area contributed by atoms with Crippen molar-refractivity contribution < 1.29 is 4.74 Å². The van der Waals surface area contributed by atoms with Crippen LogP contribution in [0.1, 0.15) is 70.2 Å². The van der Waals surface area contributed by atoms with Gasteiger partial charge in [0.2, 0.25) is 5.88 Å². The highest BCUT2D eigenvalue weighted by atomic mass is 35.5.